The van der Waals surface area contributed by atoms with E-state index in [-0.39, 0.29) is 34.4 Å². The zero-order chi connectivity index (χ0) is 21.8. The maximum Gasteiger partial charge on any atom is 0.279 e. The molecule has 1 aliphatic rings. The van der Waals surface area contributed by atoms with E-state index in [0.29, 0.717) is 6.42 Å². The summed E-state index contributed by atoms with van der Waals surface area (Å²) >= 11 is 0. The zero-order valence-electron chi connectivity index (χ0n) is 17.0. The fourth-order valence-corrected chi connectivity index (χ4v) is 3.27. The molecule has 3 amide bonds. The lowest BCUT2D eigenvalue weighted by Gasteiger charge is -2.20. The first-order valence-electron chi connectivity index (χ1n) is 9.58. The monoisotopic (exact) mass is 408 g/mol. The molecule has 2 aromatic rings. The molecule has 0 spiro atoms. The summed E-state index contributed by atoms with van der Waals surface area (Å²) in [7, 11) is 2.85. The molecule has 8 nitrogen and oxygen atoms in total. The molecule has 1 atom stereocenters. The number of rotatable bonds is 7. The molecule has 0 saturated heterocycles. The fourth-order valence-electron chi connectivity index (χ4n) is 3.27. The Morgan fingerprint density at radius 3 is 2.33 bits per heavy atom. The number of phenolic OH excluding ortho intramolecular Hbond substituents is 1. The molecular weight excluding hydrogens is 384 g/mol. The Labute approximate surface area is 174 Å². The van der Waals surface area contributed by atoms with E-state index in [2.05, 4.69) is 16.0 Å². The van der Waals surface area contributed by atoms with Gasteiger partial charge in [-0.25, -0.2) is 0 Å². The normalized spacial score (nSPS) is 14.7. The molecule has 8 heteroatoms. The number of benzene rings is 2. The van der Waals surface area contributed by atoms with E-state index < -0.39 is 17.7 Å². The Bertz CT molecular complexity index is 1020. The van der Waals surface area contributed by atoms with Gasteiger partial charge >= 0.3 is 0 Å². The van der Waals surface area contributed by atoms with Crippen molar-refractivity contribution in [3.63, 3.8) is 0 Å². The number of imide groups is 1. The molecule has 0 fully saturated rings. The summed E-state index contributed by atoms with van der Waals surface area (Å²) < 4.78 is 0. The Kier molecular flexibility index (Phi) is 6.06. The number of likely N-dealkylation sites (N-methyl/N-ethyl adjacent to an activating group) is 1. The summed E-state index contributed by atoms with van der Waals surface area (Å²) in [6.07, 6.45) is 0.684. The lowest BCUT2D eigenvalue weighted by Crippen LogP contribution is -2.31. The Morgan fingerprint density at radius 1 is 1.03 bits per heavy atom. The zero-order valence-corrected chi connectivity index (χ0v) is 17.0. The number of carbonyl (C=O) groups excluding carboxylic acids is 3. The predicted molar refractivity (Wildman–Crippen MR) is 113 cm³/mol. The van der Waals surface area contributed by atoms with E-state index in [9.17, 15) is 19.5 Å². The van der Waals surface area contributed by atoms with Crippen LogP contribution < -0.4 is 16.0 Å². The van der Waals surface area contributed by atoms with Crippen LogP contribution in [0, 0.1) is 0 Å². The maximum absolute atomic E-state index is 12.7. The molecule has 0 unspecified atom stereocenters. The first-order valence-corrected chi connectivity index (χ1v) is 9.58. The largest absolute Gasteiger partial charge is 0.505 e. The van der Waals surface area contributed by atoms with E-state index in [4.69, 9.17) is 0 Å². The van der Waals surface area contributed by atoms with Gasteiger partial charge in [0, 0.05) is 14.1 Å². The summed E-state index contributed by atoms with van der Waals surface area (Å²) in [6, 6.07) is 14.0. The quantitative estimate of drug-likeness (QED) is 0.413. The third kappa shape index (κ3) is 3.84. The van der Waals surface area contributed by atoms with E-state index in [1.807, 2.05) is 37.3 Å². The molecule has 0 saturated carbocycles. The minimum Gasteiger partial charge on any atom is -0.505 e. The molecule has 4 N–H and O–H groups in total. The molecule has 3 rings (SSSR count). The number of amides is 3. The minimum absolute atomic E-state index is 0.0150. The van der Waals surface area contributed by atoms with Crippen LogP contribution >= 0.6 is 0 Å². The number of phenols is 1. The van der Waals surface area contributed by atoms with Gasteiger partial charge in [0.2, 0.25) is 0 Å². The molecule has 0 aromatic heterocycles. The van der Waals surface area contributed by atoms with Gasteiger partial charge in [-0.3, -0.25) is 19.3 Å². The molecule has 1 aliphatic heterocycles. The number of anilines is 1. The Balaban J connectivity index is 1.99. The van der Waals surface area contributed by atoms with Crippen molar-refractivity contribution in [3.05, 3.63) is 71.1 Å². The number of hydrogen-bond donors (Lipinski definition) is 4. The van der Waals surface area contributed by atoms with Gasteiger partial charge in [0.1, 0.15) is 11.4 Å². The topological polar surface area (TPSA) is 111 Å². The average Bonchev–Trinajstić information content (AvgIpc) is 2.96. The van der Waals surface area contributed by atoms with Crippen molar-refractivity contribution in [1.82, 2.24) is 15.5 Å². The van der Waals surface area contributed by atoms with E-state index in [0.717, 1.165) is 10.5 Å². The second-order valence-corrected chi connectivity index (χ2v) is 6.84. The fraction of sp³-hybridized carbons (Fsp3) is 0.227. The molecule has 0 bridgehead atoms. The summed E-state index contributed by atoms with van der Waals surface area (Å²) in [5.41, 5.74) is 1.31. The summed E-state index contributed by atoms with van der Waals surface area (Å²) in [5, 5.41) is 19.0. The molecule has 2 aromatic carbocycles. The van der Waals surface area contributed by atoms with Gasteiger partial charge in [0.05, 0.1) is 17.3 Å². The highest BCUT2D eigenvalue weighted by Gasteiger charge is 2.37. The van der Waals surface area contributed by atoms with Crippen molar-refractivity contribution < 1.29 is 19.5 Å². The van der Waals surface area contributed by atoms with Crippen LogP contribution in [0.1, 0.15) is 35.3 Å². The molecule has 0 aliphatic carbocycles. The van der Waals surface area contributed by atoms with Gasteiger partial charge in [0.15, 0.2) is 5.75 Å². The van der Waals surface area contributed by atoms with Crippen molar-refractivity contribution in [1.29, 1.82) is 0 Å². The number of nitrogens with one attached hydrogen (secondary N) is 3. The van der Waals surface area contributed by atoms with Crippen LogP contribution in [0.5, 0.6) is 5.75 Å². The second-order valence-electron chi connectivity index (χ2n) is 6.84. The smallest absolute Gasteiger partial charge is 0.279 e. The van der Waals surface area contributed by atoms with Crippen molar-refractivity contribution in [2.24, 2.45) is 0 Å². The van der Waals surface area contributed by atoms with Gasteiger partial charge in [0.25, 0.3) is 17.7 Å². The lowest BCUT2D eigenvalue weighted by molar-refractivity contribution is -0.136. The van der Waals surface area contributed by atoms with Gasteiger partial charge in [-0.05, 0) is 24.1 Å². The summed E-state index contributed by atoms with van der Waals surface area (Å²) in [4.78, 5) is 38.4. The maximum atomic E-state index is 12.7. The van der Waals surface area contributed by atoms with Crippen LogP contribution in [-0.2, 0) is 9.59 Å². The second kappa shape index (κ2) is 8.69. The highest BCUT2D eigenvalue weighted by Crippen LogP contribution is 2.31. The number of carbonyl (C=O) groups is 3. The molecular formula is C22H24N4O4. The van der Waals surface area contributed by atoms with E-state index in [1.54, 1.807) is 6.07 Å². The standard InChI is InChI=1S/C22H24N4O4/c1-4-15(13-9-6-5-7-10-13)24-17-18(22(30)26(3)21(17)29)25-16-12-8-11-14(19(16)27)20(28)23-2/h5-12,15,24-25,27H,4H2,1-3H3,(H,23,28)/t15-/m1/s1. The minimum atomic E-state index is -0.532. The van der Waals surface area contributed by atoms with Crippen LogP contribution in [0.25, 0.3) is 0 Å². The first kappa shape index (κ1) is 20.9. The number of aromatic hydroxyl groups is 1. The Morgan fingerprint density at radius 2 is 1.70 bits per heavy atom. The van der Waals surface area contributed by atoms with Crippen molar-refractivity contribution in [3.8, 4) is 5.75 Å². The highest BCUT2D eigenvalue weighted by atomic mass is 16.3. The first-order chi connectivity index (χ1) is 14.4. The Hall–Kier alpha value is -3.81. The van der Waals surface area contributed by atoms with Crippen molar-refractivity contribution >= 4 is 23.4 Å². The van der Waals surface area contributed by atoms with Crippen LogP contribution in [0.3, 0.4) is 0 Å². The molecule has 156 valence electrons. The van der Waals surface area contributed by atoms with Gasteiger partial charge < -0.3 is 21.1 Å². The average molecular weight is 408 g/mol. The van der Waals surface area contributed by atoms with Crippen molar-refractivity contribution in [2.45, 2.75) is 19.4 Å². The molecule has 1 heterocycles. The SMILES string of the molecule is CC[C@@H](NC1=C(Nc2cccc(C(=O)NC)c2O)C(=O)N(C)C1=O)c1ccccc1. The van der Waals surface area contributed by atoms with Crippen LogP contribution in [0.15, 0.2) is 59.9 Å². The highest BCUT2D eigenvalue weighted by molar-refractivity contribution is 6.20. The van der Waals surface area contributed by atoms with E-state index in [1.165, 1.54) is 26.2 Å². The number of nitrogens with zero attached hydrogens (tertiary/aromatic N) is 1. The van der Waals surface area contributed by atoms with Crippen molar-refractivity contribution in [2.75, 3.05) is 19.4 Å². The summed E-state index contributed by atoms with van der Waals surface area (Å²) in [5.74, 6) is -1.79. The summed E-state index contributed by atoms with van der Waals surface area (Å²) in [6.45, 7) is 1.97. The molecule has 0 radical (unpaired) electrons. The lowest BCUT2D eigenvalue weighted by atomic mass is 10.0. The van der Waals surface area contributed by atoms with E-state index >= 15 is 0 Å². The van der Waals surface area contributed by atoms with Crippen LogP contribution in [0.2, 0.25) is 0 Å². The van der Waals surface area contributed by atoms with Gasteiger partial charge in [-0.15, -0.1) is 0 Å². The molecule has 30 heavy (non-hydrogen) atoms. The predicted octanol–water partition coefficient (Wildman–Crippen LogP) is 2.11. The van der Waals surface area contributed by atoms with Gasteiger partial charge in [-0.2, -0.15) is 0 Å². The third-order valence-electron chi connectivity index (χ3n) is 4.98. The van der Waals surface area contributed by atoms with Gasteiger partial charge in [-0.1, -0.05) is 43.3 Å². The third-order valence-corrected chi connectivity index (χ3v) is 4.98. The number of hydrogen-bond acceptors (Lipinski definition) is 6. The van der Waals surface area contributed by atoms with Crippen LogP contribution in [0.4, 0.5) is 5.69 Å². The van der Waals surface area contributed by atoms with Crippen LogP contribution in [-0.4, -0.2) is 41.8 Å². The number of para-hydroxylation sites is 1.